The molecule has 0 aliphatic heterocycles. The molecule has 1 amide bonds. The Hall–Kier alpha value is -1.23. The van der Waals surface area contributed by atoms with Gasteiger partial charge in [-0.1, -0.05) is 0 Å². The van der Waals surface area contributed by atoms with Gasteiger partial charge in [0.2, 0.25) is 5.91 Å². The first kappa shape index (κ1) is 15.8. The van der Waals surface area contributed by atoms with Crippen molar-refractivity contribution in [3.8, 4) is 0 Å². The Morgan fingerprint density at radius 3 is 2.42 bits per heavy atom. The Morgan fingerprint density at radius 1 is 1.32 bits per heavy atom. The largest absolute Gasteiger partial charge is 0.398 e. The van der Waals surface area contributed by atoms with Crippen molar-refractivity contribution in [3.05, 3.63) is 24.0 Å². The highest BCUT2D eigenvalue weighted by Gasteiger charge is 2.20. The number of carbonyl (C=O) groups excluding carboxylic acids is 1. The van der Waals surface area contributed by atoms with Crippen LogP contribution >= 0.6 is 11.8 Å². The SMILES string of the molecule is CC(C)N(C(=O)CSc1cc(F)ccc1N)C(C)C. The van der Waals surface area contributed by atoms with Gasteiger partial charge in [0.05, 0.1) is 5.75 Å². The molecule has 3 nitrogen and oxygen atoms in total. The second kappa shape index (κ2) is 6.80. The molecule has 2 N–H and O–H groups in total. The van der Waals surface area contributed by atoms with Gasteiger partial charge in [-0.25, -0.2) is 4.39 Å². The monoisotopic (exact) mass is 284 g/mol. The molecule has 106 valence electrons. The molecule has 0 saturated carbocycles. The average molecular weight is 284 g/mol. The summed E-state index contributed by atoms with van der Waals surface area (Å²) in [6.45, 7) is 7.94. The van der Waals surface area contributed by atoms with Crippen LogP contribution in [0.15, 0.2) is 23.1 Å². The lowest BCUT2D eigenvalue weighted by Gasteiger charge is -2.30. The summed E-state index contributed by atoms with van der Waals surface area (Å²) in [7, 11) is 0. The van der Waals surface area contributed by atoms with Crippen molar-refractivity contribution >= 4 is 23.4 Å². The van der Waals surface area contributed by atoms with Crippen LogP contribution in [0.4, 0.5) is 10.1 Å². The molecule has 0 unspecified atom stereocenters. The van der Waals surface area contributed by atoms with Crippen LogP contribution in [-0.2, 0) is 4.79 Å². The van der Waals surface area contributed by atoms with E-state index in [0.29, 0.717) is 10.6 Å². The maximum Gasteiger partial charge on any atom is 0.233 e. The second-order valence-corrected chi connectivity index (χ2v) is 5.98. The van der Waals surface area contributed by atoms with Gasteiger partial charge in [0, 0.05) is 22.7 Å². The van der Waals surface area contributed by atoms with Crippen LogP contribution in [0.1, 0.15) is 27.7 Å². The van der Waals surface area contributed by atoms with E-state index in [9.17, 15) is 9.18 Å². The quantitative estimate of drug-likeness (QED) is 0.667. The number of thioether (sulfide) groups is 1. The molecule has 0 spiro atoms. The van der Waals surface area contributed by atoms with E-state index in [1.807, 2.05) is 32.6 Å². The molecule has 0 bridgehead atoms. The van der Waals surface area contributed by atoms with Gasteiger partial charge in [-0.05, 0) is 45.9 Å². The smallest absolute Gasteiger partial charge is 0.233 e. The summed E-state index contributed by atoms with van der Waals surface area (Å²) in [6.07, 6.45) is 0. The van der Waals surface area contributed by atoms with Crippen LogP contribution in [0.2, 0.25) is 0 Å². The van der Waals surface area contributed by atoms with E-state index in [0.717, 1.165) is 0 Å². The number of benzene rings is 1. The third-order valence-electron chi connectivity index (χ3n) is 2.73. The summed E-state index contributed by atoms with van der Waals surface area (Å²) >= 11 is 1.28. The topological polar surface area (TPSA) is 46.3 Å². The van der Waals surface area contributed by atoms with E-state index in [4.69, 9.17) is 5.73 Å². The molecule has 0 heterocycles. The molecule has 0 saturated heterocycles. The standard InChI is InChI=1S/C14H21FN2OS/c1-9(2)17(10(3)4)14(18)8-19-13-7-11(15)5-6-12(13)16/h5-7,9-10H,8,16H2,1-4H3. The minimum Gasteiger partial charge on any atom is -0.398 e. The van der Waals surface area contributed by atoms with Gasteiger partial charge in [-0.15, -0.1) is 11.8 Å². The minimum absolute atomic E-state index is 0.0404. The average Bonchev–Trinajstić information content (AvgIpc) is 2.29. The van der Waals surface area contributed by atoms with E-state index in [-0.39, 0.29) is 29.6 Å². The minimum atomic E-state index is -0.339. The van der Waals surface area contributed by atoms with Gasteiger partial charge in [-0.3, -0.25) is 4.79 Å². The van der Waals surface area contributed by atoms with Crippen molar-refractivity contribution in [2.45, 2.75) is 44.7 Å². The zero-order valence-corrected chi connectivity index (χ0v) is 12.6. The third kappa shape index (κ3) is 4.42. The Balaban J connectivity index is 2.70. The van der Waals surface area contributed by atoms with Crippen molar-refractivity contribution in [2.75, 3.05) is 11.5 Å². The maximum absolute atomic E-state index is 13.1. The highest BCUT2D eigenvalue weighted by Crippen LogP contribution is 2.26. The number of rotatable bonds is 5. The fraction of sp³-hybridized carbons (Fsp3) is 0.500. The lowest BCUT2D eigenvalue weighted by atomic mass is 10.2. The van der Waals surface area contributed by atoms with Crippen molar-refractivity contribution in [2.24, 2.45) is 0 Å². The van der Waals surface area contributed by atoms with Gasteiger partial charge >= 0.3 is 0 Å². The molecule has 0 atom stereocenters. The molecule has 0 aliphatic rings. The van der Waals surface area contributed by atoms with Crippen LogP contribution in [0.25, 0.3) is 0 Å². The fourth-order valence-corrected chi connectivity index (χ4v) is 2.88. The lowest BCUT2D eigenvalue weighted by molar-refractivity contribution is -0.131. The molecule has 0 aliphatic carbocycles. The first-order chi connectivity index (χ1) is 8.82. The van der Waals surface area contributed by atoms with Crippen molar-refractivity contribution in [1.82, 2.24) is 4.90 Å². The summed E-state index contributed by atoms with van der Waals surface area (Å²) < 4.78 is 13.1. The Bertz CT molecular complexity index is 441. The predicted octanol–water partition coefficient (Wildman–Crippen LogP) is 3.15. The van der Waals surface area contributed by atoms with E-state index in [2.05, 4.69) is 0 Å². The molecule has 0 fully saturated rings. The van der Waals surface area contributed by atoms with Gasteiger partial charge in [0.1, 0.15) is 5.82 Å². The molecule has 0 radical (unpaired) electrons. The number of carbonyl (C=O) groups is 1. The van der Waals surface area contributed by atoms with Crippen molar-refractivity contribution in [3.63, 3.8) is 0 Å². The summed E-state index contributed by atoms with van der Waals surface area (Å²) in [5, 5.41) is 0. The van der Waals surface area contributed by atoms with E-state index in [1.54, 1.807) is 0 Å². The molecule has 1 rings (SSSR count). The highest BCUT2D eigenvalue weighted by atomic mass is 32.2. The highest BCUT2D eigenvalue weighted by molar-refractivity contribution is 8.00. The molecule has 19 heavy (non-hydrogen) atoms. The van der Waals surface area contributed by atoms with E-state index < -0.39 is 0 Å². The van der Waals surface area contributed by atoms with Crippen LogP contribution in [0.5, 0.6) is 0 Å². The van der Waals surface area contributed by atoms with Gasteiger partial charge in [0.25, 0.3) is 0 Å². The number of nitrogens with zero attached hydrogens (tertiary/aromatic N) is 1. The maximum atomic E-state index is 13.1. The zero-order chi connectivity index (χ0) is 14.6. The van der Waals surface area contributed by atoms with Crippen LogP contribution in [-0.4, -0.2) is 28.6 Å². The molecule has 1 aromatic carbocycles. The van der Waals surface area contributed by atoms with Crippen molar-refractivity contribution in [1.29, 1.82) is 0 Å². The predicted molar refractivity (Wildman–Crippen MR) is 78.7 cm³/mol. The molecule has 0 aromatic heterocycles. The molecule has 5 heteroatoms. The number of hydrogen-bond donors (Lipinski definition) is 1. The first-order valence-corrected chi connectivity index (χ1v) is 7.30. The van der Waals surface area contributed by atoms with Crippen LogP contribution in [0.3, 0.4) is 0 Å². The van der Waals surface area contributed by atoms with Gasteiger partial charge in [0.15, 0.2) is 0 Å². The van der Waals surface area contributed by atoms with E-state index in [1.165, 1.54) is 30.0 Å². The number of amides is 1. The zero-order valence-electron chi connectivity index (χ0n) is 11.8. The molecular formula is C14H21FN2OS. The Kier molecular flexibility index (Phi) is 5.66. The van der Waals surface area contributed by atoms with E-state index >= 15 is 0 Å². The van der Waals surface area contributed by atoms with Crippen LogP contribution in [0, 0.1) is 5.82 Å². The van der Waals surface area contributed by atoms with Gasteiger partial charge < -0.3 is 10.6 Å². The number of anilines is 1. The van der Waals surface area contributed by atoms with Crippen molar-refractivity contribution < 1.29 is 9.18 Å². The summed E-state index contributed by atoms with van der Waals surface area (Å²) in [6, 6.07) is 4.50. The normalized spacial score (nSPS) is 11.1. The summed E-state index contributed by atoms with van der Waals surface area (Å²) in [5.74, 6) is -0.0308. The second-order valence-electron chi connectivity index (χ2n) is 4.96. The number of halogens is 1. The fourth-order valence-electron chi connectivity index (χ4n) is 2.02. The summed E-state index contributed by atoms with van der Waals surface area (Å²) in [4.78, 5) is 14.6. The molecular weight excluding hydrogens is 263 g/mol. The summed E-state index contributed by atoms with van der Waals surface area (Å²) in [5.41, 5.74) is 6.26. The number of hydrogen-bond acceptors (Lipinski definition) is 3. The lowest BCUT2D eigenvalue weighted by Crippen LogP contribution is -2.43. The van der Waals surface area contributed by atoms with Gasteiger partial charge in [-0.2, -0.15) is 0 Å². The number of nitrogen functional groups attached to an aromatic ring is 1. The Morgan fingerprint density at radius 2 is 1.89 bits per heavy atom. The third-order valence-corrected chi connectivity index (χ3v) is 3.78. The number of nitrogens with two attached hydrogens (primary N) is 1. The molecule has 1 aromatic rings. The van der Waals surface area contributed by atoms with Crippen LogP contribution < -0.4 is 5.73 Å². The first-order valence-electron chi connectivity index (χ1n) is 6.32. The Labute approximate surface area is 118 Å².